The summed E-state index contributed by atoms with van der Waals surface area (Å²) in [4.78, 5) is 59.8. The minimum atomic E-state index is -1.26. The van der Waals surface area contributed by atoms with Gasteiger partial charge < -0.3 is 31.5 Å². The van der Waals surface area contributed by atoms with Gasteiger partial charge in [0, 0.05) is 6.42 Å². The van der Waals surface area contributed by atoms with E-state index in [-0.39, 0.29) is 31.8 Å². The molecule has 1 aliphatic carbocycles. The summed E-state index contributed by atoms with van der Waals surface area (Å²) in [6, 6.07) is -2.17. The second-order valence-electron chi connectivity index (χ2n) is 9.75. The maximum atomic E-state index is 13.0. The average molecular weight is 511 g/mol. The fourth-order valence-corrected chi connectivity index (χ4v) is 4.44. The maximum Gasteiger partial charge on any atom is 0.407 e. The van der Waals surface area contributed by atoms with Gasteiger partial charge in [-0.05, 0) is 49.4 Å². The Hall–Kier alpha value is -3.11. The molecule has 4 amide bonds. The number of allylic oxidation sites excluding steroid dienone is 1. The SMILES string of the molecule is C=CCCC1C(CCC)C1COC(=O)N[C@@H](CC(C)C)C(=O)N[C@@H](CCC(N)=O)C(=O)NCC(=O)O. The summed E-state index contributed by atoms with van der Waals surface area (Å²) in [5, 5.41) is 16.1. The number of primary amides is 1. The second-order valence-corrected chi connectivity index (χ2v) is 9.75. The molecule has 0 aromatic heterocycles. The number of ether oxygens (including phenoxy) is 1. The highest BCUT2D eigenvalue weighted by atomic mass is 16.5. The molecule has 11 nitrogen and oxygen atoms in total. The molecule has 0 saturated heterocycles. The number of carboxylic acids is 1. The lowest BCUT2D eigenvalue weighted by Gasteiger charge is -2.23. The molecule has 36 heavy (non-hydrogen) atoms. The number of rotatable bonds is 18. The second kappa shape index (κ2) is 15.8. The first-order valence-corrected chi connectivity index (χ1v) is 12.6. The number of hydrogen-bond donors (Lipinski definition) is 5. The van der Waals surface area contributed by atoms with E-state index in [2.05, 4.69) is 29.5 Å². The van der Waals surface area contributed by atoms with Gasteiger partial charge in [0.05, 0.1) is 6.61 Å². The van der Waals surface area contributed by atoms with Crippen LogP contribution in [0.15, 0.2) is 12.7 Å². The number of nitrogens with two attached hydrogens (primary N) is 1. The minimum Gasteiger partial charge on any atom is -0.480 e. The molecule has 6 N–H and O–H groups in total. The van der Waals surface area contributed by atoms with E-state index in [0.29, 0.717) is 17.8 Å². The topological polar surface area (TPSA) is 177 Å². The first-order valence-electron chi connectivity index (χ1n) is 12.6. The van der Waals surface area contributed by atoms with Crippen LogP contribution < -0.4 is 21.7 Å². The summed E-state index contributed by atoms with van der Waals surface area (Å²) >= 11 is 0. The molecule has 1 fully saturated rings. The third kappa shape index (κ3) is 11.5. The molecule has 11 heteroatoms. The standard InChI is InChI=1S/C25H42N4O7/c1-5-7-9-17-16(8-6-2)18(17)14-36-25(35)29-20(12-15(3)4)24(34)28-19(10-11-21(26)30)23(33)27-13-22(31)32/h5,15-20H,1,6-14H2,2-4H3,(H2,26,30)(H,27,33)(H,28,34)(H,29,35)(H,31,32)/t16?,17?,18?,19-,20-/m0/s1. The van der Waals surface area contributed by atoms with Crippen molar-refractivity contribution in [3.8, 4) is 0 Å². The van der Waals surface area contributed by atoms with Crippen molar-refractivity contribution in [2.75, 3.05) is 13.2 Å². The van der Waals surface area contributed by atoms with Crippen LogP contribution in [0.2, 0.25) is 0 Å². The smallest absolute Gasteiger partial charge is 0.407 e. The number of alkyl carbamates (subject to hydrolysis) is 1. The van der Waals surface area contributed by atoms with Crippen LogP contribution in [-0.2, 0) is 23.9 Å². The fraction of sp³-hybridized carbons (Fsp3) is 0.720. The van der Waals surface area contributed by atoms with Gasteiger partial charge in [-0.1, -0.05) is 39.7 Å². The summed E-state index contributed by atoms with van der Waals surface area (Å²) in [5.41, 5.74) is 5.16. The van der Waals surface area contributed by atoms with Crippen molar-refractivity contribution in [1.82, 2.24) is 16.0 Å². The van der Waals surface area contributed by atoms with Gasteiger partial charge >= 0.3 is 12.1 Å². The van der Waals surface area contributed by atoms with E-state index in [1.807, 2.05) is 19.9 Å². The van der Waals surface area contributed by atoms with E-state index < -0.39 is 48.4 Å². The van der Waals surface area contributed by atoms with Crippen LogP contribution >= 0.6 is 0 Å². The molecule has 0 radical (unpaired) electrons. The van der Waals surface area contributed by atoms with Crippen molar-refractivity contribution in [2.45, 2.75) is 77.8 Å². The minimum absolute atomic E-state index is 0.0339. The van der Waals surface area contributed by atoms with Crippen LogP contribution in [0.4, 0.5) is 4.79 Å². The van der Waals surface area contributed by atoms with Gasteiger partial charge in [-0.25, -0.2) is 4.79 Å². The Kier molecular flexibility index (Phi) is 13.6. The highest BCUT2D eigenvalue weighted by Crippen LogP contribution is 2.52. The molecule has 1 saturated carbocycles. The molecular formula is C25H42N4O7. The van der Waals surface area contributed by atoms with Crippen molar-refractivity contribution in [1.29, 1.82) is 0 Å². The van der Waals surface area contributed by atoms with Crippen molar-refractivity contribution < 1.29 is 33.8 Å². The first kappa shape index (κ1) is 30.9. The Morgan fingerprint density at radius 2 is 1.69 bits per heavy atom. The van der Waals surface area contributed by atoms with Gasteiger partial charge in [-0.15, -0.1) is 6.58 Å². The zero-order chi connectivity index (χ0) is 27.3. The Balaban J connectivity index is 2.75. The van der Waals surface area contributed by atoms with Gasteiger partial charge in [0.25, 0.3) is 0 Å². The van der Waals surface area contributed by atoms with Gasteiger partial charge in [-0.2, -0.15) is 0 Å². The van der Waals surface area contributed by atoms with Crippen LogP contribution in [0.3, 0.4) is 0 Å². The average Bonchev–Trinajstić information content (AvgIpc) is 3.46. The number of nitrogens with one attached hydrogen (secondary N) is 3. The Labute approximate surface area is 213 Å². The van der Waals surface area contributed by atoms with E-state index in [1.165, 1.54) is 0 Å². The molecule has 0 spiro atoms. The largest absolute Gasteiger partial charge is 0.480 e. The molecule has 0 aromatic rings. The molecule has 5 atom stereocenters. The summed E-state index contributed by atoms with van der Waals surface area (Å²) in [5.74, 6) is -1.98. The lowest BCUT2D eigenvalue weighted by atomic mass is 10.0. The Morgan fingerprint density at radius 1 is 1.03 bits per heavy atom. The lowest BCUT2D eigenvalue weighted by molar-refractivity contribution is -0.138. The molecule has 0 aliphatic heterocycles. The summed E-state index contributed by atoms with van der Waals surface area (Å²) in [7, 11) is 0. The molecule has 1 aliphatic rings. The van der Waals surface area contributed by atoms with E-state index in [1.54, 1.807) is 0 Å². The van der Waals surface area contributed by atoms with Crippen molar-refractivity contribution in [3.63, 3.8) is 0 Å². The number of amides is 4. The van der Waals surface area contributed by atoms with Gasteiger partial charge in [0.2, 0.25) is 17.7 Å². The van der Waals surface area contributed by atoms with Crippen molar-refractivity contribution in [3.05, 3.63) is 12.7 Å². The monoisotopic (exact) mass is 510 g/mol. The van der Waals surface area contributed by atoms with Crippen LogP contribution in [0.25, 0.3) is 0 Å². The van der Waals surface area contributed by atoms with Gasteiger partial charge in [0.15, 0.2) is 0 Å². The third-order valence-electron chi connectivity index (χ3n) is 6.28. The number of carboxylic acid groups (broad SMARTS) is 1. The number of hydrogen-bond acceptors (Lipinski definition) is 6. The molecule has 0 aromatic carbocycles. The highest BCUT2D eigenvalue weighted by Gasteiger charge is 2.48. The lowest BCUT2D eigenvalue weighted by Crippen LogP contribution is -2.54. The van der Waals surface area contributed by atoms with Crippen LogP contribution in [0.1, 0.15) is 65.7 Å². The molecule has 1 rings (SSSR count). The molecule has 3 unspecified atom stereocenters. The molecular weight excluding hydrogens is 468 g/mol. The number of aliphatic carboxylic acids is 1. The fourth-order valence-electron chi connectivity index (χ4n) is 4.44. The molecule has 0 bridgehead atoms. The van der Waals surface area contributed by atoms with Crippen molar-refractivity contribution >= 4 is 29.8 Å². The molecule has 204 valence electrons. The normalized spacial score (nSPS) is 20.1. The number of carbonyl (C=O) groups excluding carboxylic acids is 4. The third-order valence-corrected chi connectivity index (χ3v) is 6.28. The van der Waals surface area contributed by atoms with E-state index in [9.17, 15) is 24.0 Å². The van der Waals surface area contributed by atoms with Crippen LogP contribution in [0, 0.1) is 23.7 Å². The van der Waals surface area contributed by atoms with Crippen LogP contribution in [-0.4, -0.2) is 60.1 Å². The number of carbonyl (C=O) groups is 5. The van der Waals surface area contributed by atoms with E-state index >= 15 is 0 Å². The Bertz CT molecular complexity index is 786. The summed E-state index contributed by atoms with van der Waals surface area (Å²) < 4.78 is 5.45. The molecule has 0 heterocycles. The maximum absolute atomic E-state index is 13.0. The predicted molar refractivity (Wildman–Crippen MR) is 134 cm³/mol. The summed E-state index contributed by atoms with van der Waals surface area (Å²) in [6.45, 7) is 9.27. The van der Waals surface area contributed by atoms with Crippen LogP contribution in [0.5, 0.6) is 0 Å². The quantitative estimate of drug-likeness (QED) is 0.174. The summed E-state index contributed by atoms with van der Waals surface area (Å²) in [6.07, 6.45) is 5.22. The highest BCUT2D eigenvalue weighted by molar-refractivity contribution is 5.92. The Morgan fingerprint density at radius 3 is 2.25 bits per heavy atom. The van der Waals surface area contributed by atoms with Gasteiger partial charge in [-0.3, -0.25) is 19.2 Å². The van der Waals surface area contributed by atoms with Gasteiger partial charge in [0.1, 0.15) is 18.6 Å². The predicted octanol–water partition coefficient (Wildman–Crippen LogP) is 1.71. The van der Waals surface area contributed by atoms with E-state index in [0.717, 1.165) is 25.7 Å². The zero-order valence-electron chi connectivity index (χ0n) is 21.6. The van der Waals surface area contributed by atoms with E-state index in [4.69, 9.17) is 15.6 Å². The van der Waals surface area contributed by atoms with Crippen molar-refractivity contribution in [2.24, 2.45) is 29.4 Å². The first-order chi connectivity index (χ1) is 17.0. The zero-order valence-corrected chi connectivity index (χ0v) is 21.6.